The number of aryl methyl sites for hydroxylation is 1. The Morgan fingerprint density at radius 1 is 0.951 bits per heavy atom. The highest BCUT2D eigenvalue weighted by atomic mass is 16.5. The van der Waals surface area contributed by atoms with Crippen LogP contribution in [-0.2, 0) is 7.05 Å². The Hall–Kier alpha value is -5.03. The number of rotatable bonds is 10. The molecule has 0 atom stereocenters. The number of hydrogen-bond donors (Lipinski definition) is 2. The third-order valence-electron chi connectivity index (χ3n) is 6.70. The van der Waals surface area contributed by atoms with Crippen molar-refractivity contribution in [1.29, 1.82) is 0 Å². The third kappa shape index (κ3) is 6.10. The van der Waals surface area contributed by atoms with Crippen molar-refractivity contribution in [1.82, 2.24) is 29.4 Å². The number of amides is 1. The maximum atomic E-state index is 13.0. The normalized spacial score (nSPS) is 11.1. The number of ether oxygens (including phenoxy) is 1. The summed E-state index contributed by atoms with van der Waals surface area (Å²) >= 11 is 0. The van der Waals surface area contributed by atoms with E-state index < -0.39 is 5.91 Å². The zero-order valence-electron chi connectivity index (χ0n) is 23.8. The quantitative estimate of drug-likeness (QED) is 0.260. The van der Waals surface area contributed by atoms with Crippen molar-refractivity contribution >= 4 is 39.8 Å². The lowest BCUT2D eigenvalue weighted by Crippen LogP contribution is -2.29. The monoisotopic (exact) mass is 551 g/mol. The van der Waals surface area contributed by atoms with Crippen molar-refractivity contribution in [3.05, 3.63) is 79.1 Å². The summed E-state index contributed by atoms with van der Waals surface area (Å²) < 4.78 is 7.84. The Morgan fingerprint density at radius 2 is 1.73 bits per heavy atom. The number of anilines is 4. The topological polar surface area (TPSA) is 113 Å². The van der Waals surface area contributed by atoms with E-state index in [2.05, 4.69) is 58.3 Å². The van der Waals surface area contributed by atoms with Crippen LogP contribution < -0.4 is 20.3 Å². The summed E-state index contributed by atoms with van der Waals surface area (Å²) in [4.78, 5) is 34.7. The highest BCUT2D eigenvalue weighted by Crippen LogP contribution is 2.38. The SMILES string of the molecule is COc1cc(N(C)CCN(C)C)c(NC(=O)c2ncccn2)cc1Nc1nccc(-c2cn(C)c3ccccc23)n1. The van der Waals surface area contributed by atoms with E-state index in [1.165, 1.54) is 12.4 Å². The van der Waals surface area contributed by atoms with Crippen LogP contribution in [0.1, 0.15) is 10.6 Å². The summed E-state index contributed by atoms with van der Waals surface area (Å²) in [6.45, 7) is 1.55. The molecule has 41 heavy (non-hydrogen) atoms. The number of benzene rings is 2. The number of nitrogens with one attached hydrogen (secondary N) is 2. The van der Waals surface area contributed by atoms with Gasteiger partial charge in [0.15, 0.2) is 0 Å². The molecule has 2 aromatic carbocycles. The molecule has 0 aliphatic heterocycles. The molecule has 0 radical (unpaired) electrons. The van der Waals surface area contributed by atoms with Gasteiger partial charge in [-0.05, 0) is 38.4 Å². The standard InChI is InChI=1S/C30H33N9O2/c1-37(2)15-16-38(3)26-18-27(41-5)24(17-23(26)34-29(40)28-31-12-8-13-32-28)36-30-33-14-11-22(35-30)21-19-39(4)25-10-7-6-9-20(21)25/h6-14,17-19H,15-16H2,1-5H3,(H,34,40)(H,33,35,36). The van der Waals surface area contributed by atoms with Gasteiger partial charge in [-0.15, -0.1) is 0 Å². The fourth-order valence-electron chi connectivity index (χ4n) is 4.55. The van der Waals surface area contributed by atoms with Gasteiger partial charge in [0.2, 0.25) is 11.8 Å². The van der Waals surface area contributed by atoms with Crippen molar-refractivity contribution in [3.63, 3.8) is 0 Å². The number of hydrogen-bond acceptors (Lipinski definition) is 9. The molecule has 0 spiro atoms. The second-order valence-corrected chi connectivity index (χ2v) is 9.88. The first-order valence-corrected chi connectivity index (χ1v) is 13.1. The molecule has 0 aliphatic carbocycles. The Labute approximate surface area is 238 Å². The maximum Gasteiger partial charge on any atom is 0.293 e. The van der Waals surface area contributed by atoms with E-state index in [0.29, 0.717) is 23.1 Å². The highest BCUT2D eigenvalue weighted by molar-refractivity contribution is 6.04. The molecule has 5 rings (SSSR count). The molecule has 3 aromatic heterocycles. The average molecular weight is 552 g/mol. The minimum absolute atomic E-state index is 0.0749. The summed E-state index contributed by atoms with van der Waals surface area (Å²) in [5, 5.41) is 7.38. The first-order chi connectivity index (χ1) is 19.8. The van der Waals surface area contributed by atoms with Crippen LogP contribution in [0.4, 0.5) is 23.0 Å². The van der Waals surface area contributed by atoms with Crippen LogP contribution in [0.5, 0.6) is 5.75 Å². The third-order valence-corrected chi connectivity index (χ3v) is 6.70. The molecule has 210 valence electrons. The largest absolute Gasteiger partial charge is 0.494 e. The van der Waals surface area contributed by atoms with E-state index >= 15 is 0 Å². The Kier molecular flexibility index (Phi) is 8.06. The van der Waals surface area contributed by atoms with E-state index in [4.69, 9.17) is 9.72 Å². The van der Waals surface area contributed by atoms with Gasteiger partial charge < -0.3 is 29.7 Å². The molecule has 11 nitrogen and oxygen atoms in total. The fourth-order valence-corrected chi connectivity index (χ4v) is 4.55. The molecule has 11 heteroatoms. The van der Waals surface area contributed by atoms with Gasteiger partial charge in [-0.3, -0.25) is 4.79 Å². The molecule has 3 heterocycles. The van der Waals surface area contributed by atoms with Gasteiger partial charge in [0.25, 0.3) is 5.91 Å². The number of methoxy groups -OCH3 is 1. The first-order valence-electron chi connectivity index (χ1n) is 13.1. The van der Waals surface area contributed by atoms with Crippen LogP contribution in [0.25, 0.3) is 22.2 Å². The second-order valence-electron chi connectivity index (χ2n) is 9.88. The van der Waals surface area contributed by atoms with Gasteiger partial charge in [-0.1, -0.05) is 18.2 Å². The maximum absolute atomic E-state index is 13.0. The molecule has 0 saturated carbocycles. The van der Waals surface area contributed by atoms with Crippen LogP contribution in [0, 0.1) is 0 Å². The Bertz CT molecular complexity index is 1670. The number of carbonyl (C=O) groups excluding carboxylic acids is 1. The van der Waals surface area contributed by atoms with Crippen molar-refractivity contribution in [2.45, 2.75) is 0 Å². The number of fused-ring (bicyclic) bond motifs is 1. The molecule has 1 amide bonds. The highest BCUT2D eigenvalue weighted by Gasteiger charge is 2.19. The van der Waals surface area contributed by atoms with Gasteiger partial charge in [0, 0.05) is 74.5 Å². The average Bonchev–Trinajstić information content (AvgIpc) is 3.33. The molecule has 0 bridgehead atoms. The summed E-state index contributed by atoms with van der Waals surface area (Å²) in [6.07, 6.45) is 6.85. The molecular formula is C30H33N9O2. The van der Waals surface area contributed by atoms with Crippen molar-refractivity contribution in [2.24, 2.45) is 7.05 Å². The molecular weight excluding hydrogens is 518 g/mol. The van der Waals surface area contributed by atoms with Gasteiger partial charge in [0.05, 0.1) is 29.9 Å². The molecule has 0 aliphatic rings. The molecule has 0 saturated heterocycles. The van der Waals surface area contributed by atoms with Crippen LogP contribution in [0.3, 0.4) is 0 Å². The summed E-state index contributed by atoms with van der Waals surface area (Å²) in [5.74, 6) is 0.625. The molecule has 5 aromatic rings. The van der Waals surface area contributed by atoms with Gasteiger partial charge in [-0.2, -0.15) is 0 Å². The minimum Gasteiger partial charge on any atom is -0.494 e. The Morgan fingerprint density at radius 3 is 2.49 bits per heavy atom. The van der Waals surface area contributed by atoms with Crippen molar-refractivity contribution in [3.8, 4) is 17.0 Å². The zero-order chi connectivity index (χ0) is 28.9. The molecule has 0 fully saturated rings. The summed E-state index contributed by atoms with van der Waals surface area (Å²) in [7, 11) is 9.63. The van der Waals surface area contributed by atoms with Crippen LogP contribution in [0.15, 0.2) is 73.3 Å². The van der Waals surface area contributed by atoms with E-state index in [1.54, 1.807) is 19.4 Å². The summed E-state index contributed by atoms with van der Waals surface area (Å²) in [5.41, 5.74) is 4.86. The van der Waals surface area contributed by atoms with Crippen LogP contribution in [0.2, 0.25) is 0 Å². The number of aromatic nitrogens is 5. The van der Waals surface area contributed by atoms with Gasteiger partial charge in [0.1, 0.15) is 5.75 Å². The lowest BCUT2D eigenvalue weighted by molar-refractivity contribution is 0.101. The van der Waals surface area contributed by atoms with E-state index in [1.807, 2.05) is 58.5 Å². The predicted octanol–water partition coefficient (Wildman–Crippen LogP) is 4.43. The van der Waals surface area contributed by atoms with E-state index in [9.17, 15) is 4.79 Å². The van der Waals surface area contributed by atoms with E-state index in [0.717, 1.165) is 40.9 Å². The number of nitrogens with zero attached hydrogens (tertiary/aromatic N) is 7. The number of likely N-dealkylation sites (N-methyl/N-ethyl adjacent to an activating group) is 2. The number of carbonyl (C=O) groups is 1. The lowest BCUT2D eigenvalue weighted by Gasteiger charge is -2.26. The molecule has 0 unspecified atom stereocenters. The van der Waals surface area contributed by atoms with Crippen molar-refractivity contribution in [2.75, 3.05) is 56.9 Å². The predicted molar refractivity (Wildman–Crippen MR) is 162 cm³/mol. The molecule has 2 N–H and O–H groups in total. The van der Waals surface area contributed by atoms with Crippen LogP contribution >= 0.6 is 0 Å². The summed E-state index contributed by atoms with van der Waals surface area (Å²) in [6, 6.07) is 15.5. The minimum atomic E-state index is -0.418. The van der Waals surface area contributed by atoms with Gasteiger partial charge in [-0.25, -0.2) is 19.9 Å². The zero-order valence-corrected chi connectivity index (χ0v) is 23.8. The number of para-hydroxylation sites is 1. The lowest BCUT2D eigenvalue weighted by atomic mass is 10.1. The first kappa shape index (κ1) is 27.5. The van der Waals surface area contributed by atoms with E-state index in [-0.39, 0.29) is 5.82 Å². The van der Waals surface area contributed by atoms with Gasteiger partial charge >= 0.3 is 0 Å². The second kappa shape index (κ2) is 12.0. The van der Waals surface area contributed by atoms with Crippen molar-refractivity contribution < 1.29 is 9.53 Å². The smallest absolute Gasteiger partial charge is 0.293 e. The fraction of sp³-hybridized carbons (Fsp3) is 0.233. The van der Waals surface area contributed by atoms with Crippen LogP contribution in [-0.4, -0.2) is 76.7 Å². The Balaban J connectivity index is 1.51.